The first-order chi connectivity index (χ1) is 8.12. The molecule has 18 heavy (non-hydrogen) atoms. The lowest BCUT2D eigenvalue weighted by Crippen LogP contribution is -2.33. The summed E-state index contributed by atoms with van der Waals surface area (Å²) in [5.41, 5.74) is 5.19. The van der Waals surface area contributed by atoms with Gasteiger partial charge in [0.05, 0.1) is 11.9 Å². The smallest absolute Gasteiger partial charge is 0.423 e. The van der Waals surface area contributed by atoms with Gasteiger partial charge in [-0.1, -0.05) is 0 Å². The van der Waals surface area contributed by atoms with Gasteiger partial charge in [-0.15, -0.1) is 0 Å². The minimum atomic E-state index is -3.52. The fourth-order valence-corrected chi connectivity index (χ4v) is 1.79. The van der Waals surface area contributed by atoms with Crippen molar-refractivity contribution in [2.45, 2.75) is 0 Å². The number of primary amides is 1. The first-order valence-electron chi connectivity index (χ1n) is 4.87. The molecular formula is C9H13BN2O5S. The third-order valence-electron chi connectivity index (χ3n) is 2.38. The van der Waals surface area contributed by atoms with Crippen molar-refractivity contribution >= 4 is 34.2 Å². The van der Waals surface area contributed by atoms with Crippen LogP contribution in [0.25, 0.3) is 0 Å². The Hall–Kier alpha value is -1.58. The fraction of sp³-hybridized carbons (Fsp3) is 0.222. The van der Waals surface area contributed by atoms with Crippen molar-refractivity contribution in [3.8, 4) is 0 Å². The highest BCUT2D eigenvalue weighted by atomic mass is 32.2. The summed E-state index contributed by atoms with van der Waals surface area (Å²) in [7, 11) is -4.07. The van der Waals surface area contributed by atoms with Crippen molar-refractivity contribution in [3.05, 3.63) is 23.8 Å². The second kappa shape index (κ2) is 4.97. The Morgan fingerprint density at radius 3 is 2.28 bits per heavy atom. The molecule has 0 atom stereocenters. The number of carbonyl (C=O) groups is 1. The quantitative estimate of drug-likeness (QED) is 0.540. The molecule has 0 radical (unpaired) electrons. The van der Waals surface area contributed by atoms with Gasteiger partial charge in [0.1, 0.15) is 0 Å². The lowest BCUT2D eigenvalue weighted by atomic mass is 9.79. The van der Waals surface area contributed by atoms with Crippen LogP contribution < -0.4 is 15.5 Å². The topological polar surface area (TPSA) is 121 Å². The van der Waals surface area contributed by atoms with Gasteiger partial charge in [-0.25, -0.2) is 8.42 Å². The van der Waals surface area contributed by atoms with Crippen LogP contribution in [0.2, 0.25) is 0 Å². The highest BCUT2D eigenvalue weighted by Crippen LogP contribution is 2.16. The monoisotopic (exact) mass is 272 g/mol. The van der Waals surface area contributed by atoms with E-state index in [1.54, 1.807) is 0 Å². The predicted molar refractivity (Wildman–Crippen MR) is 68.0 cm³/mol. The van der Waals surface area contributed by atoms with E-state index in [1.165, 1.54) is 25.2 Å². The third-order valence-corrected chi connectivity index (χ3v) is 3.59. The molecule has 98 valence electrons. The summed E-state index contributed by atoms with van der Waals surface area (Å²) in [4.78, 5) is 11.1. The van der Waals surface area contributed by atoms with Crippen LogP contribution in [-0.2, 0) is 10.0 Å². The number of hydrogen-bond acceptors (Lipinski definition) is 5. The molecule has 1 aromatic rings. The fourth-order valence-electron chi connectivity index (χ4n) is 1.30. The van der Waals surface area contributed by atoms with Gasteiger partial charge in [0, 0.05) is 12.6 Å². The average Bonchev–Trinajstić information content (AvgIpc) is 2.26. The summed E-state index contributed by atoms with van der Waals surface area (Å²) in [6.07, 6.45) is 0.985. The minimum absolute atomic E-state index is 0.00824. The number of sulfonamides is 1. The Morgan fingerprint density at radius 1 is 1.33 bits per heavy atom. The van der Waals surface area contributed by atoms with Crippen molar-refractivity contribution < 1.29 is 23.3 Å². The van der Waals surface area contributed by atoms with E-state index in [9.17, 15) is 13.2 Å². The molecule has 0 saturated carbocycles. The van der Waals surface area contributed by atoms with Crippen LogP contribution in [0.15, 0.2) is 18.2 Å². The third kappa shape index (κ3) is 3.22. The van der Waals surface area contributed by atoms with Crippen molar-refractivity contribution in [2.75, 3.05) is 17.6 Å². The van der Waals surface area contributed by atoms with E-state index in [0.29, 0.717) is 0 Å². The standard InChI is InChI=1S/C9H13BN2O5S/c1-12(18(2,16)17)8-4-6(9(11)13)3-7(5-8)10(14)15/h3-5,14-15H,1-2H3,(H2,11,13). The van der Waals surface area contributed by atoms with E-state index < -0.39 is 23.0 Å². The van der Waals surface area contributed by atoms with Gasteiger partial charge in [0.2, 0.25) is 15.9 Å². The molecule has 0 fully saturated rings. The molecule has 0 heterocycles. The highest BCUT2D eigenvalue weighted by molar-refractivity contribution is 7.92. The Kier molecular flexibility index (Phi) is 4.00. The molecular weight excluding hydrogens is 259 g/mol. The van der Waals surface area contributed by atoms with Gasteiger partial charge < -0.3 is 15.8 Å². The number of benzene rings is 1. The summed E-state index contributed by atoms with van der Waals surface area (Å²) in [5, 5.41) is 18.1. The van der Waals surface area contributed by atoms with Crippen LogP contribution in [0.3, 0.4) is 0 Å². The van der Waals surface area contributed by atoms with Crippen LogP contribution in [-0.4, -0.2) is 44.8 Å². The first kappa shape index (κ1) is 14.5. The number of nitrogens with zero attached hydrogens (tertiary/aromatic N) is 1. The molecule has 0 saturated heterocycles. The van der Waals surface area contributed by atoms with Gasteiger partial charge in [-0.2, -0.15) is 0 Å². The molecule has 1 amide bonds. The summed E-state index contributed by atoms with van der Waals surface area (Å²) in [6, 6.07) is 3.69. The molecule has 4 N–H and O–H groups in total. The van der Waals surface area contributed by atoms with Crippen molar-refractivity contribution in [3.63, 3.8) is 0 Å². The number of carbonyl (C=O) groups excluding carboxylic acids is 1. The highest BCUT2D eigenvalue weighted by Gasteiger charge is 2.19. The van der Waals surface area contributed by atoms with Crippen LogP contribution in [0, 0.1) is 0 Å². The molecule has 7 nitrogen and oxygen atoms in total. The van der Waals surface area contributed by atoms with Crippen LogP contribution in [0.1, 0.15) is 10.4 Å². The SMILES string of the molecule is CN(c1cc(B(O)O)cc(C(N)=O)c1)S(C)(=O)=O. The van der Waals surface area contributed by atoms with Crippen molar-refractivity contribution in [1.82, 2.24) is 0 Å². The molecule has 0 unspecified atom stereocenters. The summed E-state index contributed by atoms with van der Waals surface area (Å²) in [5.74, 6) is -0.791. The van der Waals surface area contributed by atoms with Crippen molar-refractivity contribution in [2.24, 2.45) is 5.73 Å². The molecule has 0 aliphatic heterocycles. The molecule has 0 spiro atoms. The zero-order chi connectivity index (χ0) is 14.1. The Balaban J connectivity index is 3.41. The normalized spacial score (nSPS) is 11.1. The first-order valence-corrected chi connectivity index (χ1v) is 6.72. The van der Waals surface area contributed by atoms with Gasteiger partial charge in [0.25, 0.3) is 0 Å². The number of rotatable bonds is 4. The van der Waals surface area contributed by atoms with E-state index >= 15 is 0 Å². The zero-order valence-corrected chi connectivity index (χ0v) is 10.7. The zero-order valence-electron chi connectivity index (χ0n) is 9.86. The van der Waals surface area contributed by atoms with Gasteiger partial charge in [-0.05, 0) is 23.7 Å². The lowest BCUT2D eigenvalue weighted by Gasteiger charge is -2.18. The number of anilines is 1. The second-order valence-electron chi connectivity index (χ2n) is 3.78. The van der Waals surface area contributed by atoms with E-state index in [1.807, 2.05) is 0 Å². The van der Waals surface area contributed by atoms with E-state index in [4.69, 9.17) is 15.8 Å². The molecule has 9 heteroatoms. The average molecular weight is 272 g/mol. The predicted octanol–water partition coefficient (Wildman–Crippen LogP) is -2.14. The molecule has 0 aromatic heterocycles. The second-order valence-corrected chi connectivity index (χ2v) is 5.80. The van der Waals surface area contributed by atoms with Crippen LogP contribution in [0.4, 0.5) is 5.69 Å². The molecule has 0 aliphatic carbocycles. The molecule has 1 aromatic carbocycles. The van der Waals surface area contributed by atoms with Crippen LogP contribution in [0.5, 0.6) is 0 Å². The van der Waals surface area contributed by atoms with E-state index in [0.717, 1.165) is 10.6 Å². The molecule has 0 aliphatic rings. The maximum absolute atomic E-state index is 11.4. The Labute approximate surface area is 105 Å². The summed E-state index contributed by atoms with van der Waals surface area (Å²) < 4.78 is 23.7. The van der Waals surface area contributed by atoms with Gasteiger partial charge in [0.15, 0.2) is 0 Å². The van der Waals surface area contributed by atoms with Gasteiger partial charge in [-0.3, -0.25) is 9.10 Å². The number of hydrogen-bond donors (Lipinski definition) is 3. The van der Waals surface area contributed by atoms with Crippen molar-refractivity contribution in [1.29, 1.82) is 0 Å². The number of nitrogens with two attached hydrogens (primary N) is 1. The van der Waals surface area contributed by atoms with E-state index in [-0.39, 0.29) is 16.7 Å². The minimum Gasteiger partial charge on any atom is -0.423 e. The molecule has 0 bridgehead atoms. The van der Waals surface area contributed by atoms with Crippen LogP contribution >= 0.6 is 0 Å². The summed E-state index contributed by atoms with van der Waals surface area (Å²) in [6.45, 7) is 0. The largest absolute Gasteiger partial charge is 0.488 e. The maximum Gasteiger partial charge on any atom is 0.488 e. The lowest BCUT2D eigenvalue weighted by molar-refractivity contribution is 0.100. The number of amides is 1. The maximum atomic E-state index is 11.4. The summed E-state index contributed by atoms with van der Waals surface area (Å²) >= 11 is 0. The van der Waals surface area contributed by atoms with Gasteiger partial charge >= 0.3 is 7.12 Å². The van der Waals surface area contributed by atoms with E-state index in [2.05, 4.69) is 0 Å². The Bertz CT molecular complexity index is 572. The Morgan fingerprint density at radius 2 is 1.89 bits per heavy atom. The molecule has 1 rings (SSSR count).